The molecule has 1 unspecified atom stereocenters. The molecular formula is C14H16N2O2. The summed E-state index contributed by atoms with van der Waals surface area (Å²) in [6.07, 6.45) is 2.50. The first kappa shape index (κ1) is 12.6. The molecule has 2 rings (SSSR count). The lowest BCUT2D eigenvalue weighted by Gasteiger charge is -2.19. The summed E-state index contributed by atoms with van der Waals surface area (Å²) in [5, 5.41) is 8.72. The zero-order valence-corrected chi connectivity index (χ0v) is 10.4. The third-order valence-electron chi connectivity index (χ3n) is 3.18. The van der Waals surface area contributed by atoms with Gasteiger partial charge in [-0.25, -0.2) is 0 Å². The molecule has 1 amide bonds. The summed E-state index contributed by atoms with van der Waals surface area (Å²) in [4.78, 5) is 13.6. The molecule has 0 radical (unpaired) electrons. The van der Waals surface area contributed by atoms with Crippen LogP contribution in [0.3, 0.4) is 0 Å². The Kier molecular flexibility index (Phi) is 3.96. The summed E-state index contributed by atoms with van der Waals surface area (Å²) in [7, 11) is 1.75. The third-order valence-corrected chi connectivity index (χ3v) is 3.18. The van der Waals surface area contributed by atoms with Crippen molar-refractivity contribution < 1.29 is 9.53 Å². The molecule has 0 saturated carbocycles. The largest absolute Gasteiger partial charge is 0.378 e. The molecule has 18 heavy (non-hydrogen) atoms. The van der Waals surface area contributed by atoms with Crippen molar-refractivity contribution in [2.45, 2.75) is 25.4 Å². The van der Waals surface area contributed by atoms with Crippen LogP contribution in [-0.2, 0) is 9.53 Å². The number of benzene rings is 1. The van der Waals surface area contributed by atoms with E-state index < -0.39 is 0 Å². The molecule has 1 heterocycles. The van der Waals surface area contributed by atoms with Crippen LogP contribution in [-0.4, -0.2) is 25.7 Å². The first-order valence-electron chi connectivity index (χ1n) is 6.09. The van der Waals surface area contributed by atoms with E-state index in [0.29, 0.717) is 12.0 Å². The van der Waals surface area contributed by atoms with Crippen molar-refractivity contribution in [2.24, 2.45) is 0 Å². The number of hydrogen-bond donors (Lipinski definition) is 0. The fourth-order valence-corrected chi connectivity index (χ4v) is 2.04. The van der Waals surface area contributed by atoms with Gasteiger partial charge in [0.25, 0.3) is 0 Å². The number of carbonyl (C=O) groups is 1. The lowest BCUT2D eigenvalue weighted by molar-refractivity contribution is -0.120. The van der Waals surface area contributed by atoms with Gasteiger partial charge < -0.3 is 9.64 Å². The molecule has 4 heteroatoms. The molecule has 1 fully saturated rings. The monoisotopic (exact) mass is 244 g/mol. The quantitative estimate of drug-likeness (QED) is 0.818. The third kappa shape index (κ3) is 2.88. The van der Waals surface area contributed by atoms with Crippen molar-refractivity contribution >= 4 is 11.6 Å². The van der Waals surface area contributed by atoms with Crippen molar-refractivity contribution in [1.29, 1.82) is 5.26 Å². The second-order valence-corrected chi connectivity index (χ2v) is 4.45. The fraction of sp³-hybridized carbons (Fsp3) is 0.429. The zero-order valence-electron chi connectivity index (χ0n) is 10.4. The number of amides is 1. The van der Waals surface area contributed by atoms with Gasteiger partial charge in [0.05, 0.1) is 24.2 Å². The number of ether oxygens (including phenoxy) is 1. The molecule has 0 bridgehead atoms. The molecule has 1 aliphatic heterocycles. The Morgan fingerprint density at radius 3 is 2.78 bits per heavy atom. The van der Waals surface area contributed by atoms with Gasteiger partial charge in [-0.3, -0.25) is 4.79 Å². The Balaban J connectivity index is 1.98. The van der Waals surface area contributed by atoms with Gasteiger partial charge in [-0.15, -0.1) is 0 Å². The second-order valence-electron chi connectivity index (χ2n) is 4.45. The highest BCUT2D eigenvalue weighted by Crippen LogP contribution is 2.19. The first-order valence-corrected chi connectivity index (χ1v) is 6.09. The predicted molar refractivity (Wildman–Crippen MR) is 68.2 cm³/mol. The Bertz CT molecular complexity index is 456. The van der Waals surface area contributed by atoms with Crippen molar-refractivity contribution in [3.63, 3.8) is 0 Å². The van der Waals surface area contributed by atoms with E-state index in [1.54, 1.807) is 36.2 Å². The minimum atomic E-state index is 0.0478. The van der Waals surface area contributed by atoms with Gasteiger partial charge in [0.2, 0.25) is 5.91 Å². The maximum absolute atomic E-state index is 12.0. The molecule has 94 valence electrons. The van der Waals surface area contributed by atoms with Gasteiger partial charge in [-0.1, -0.05) is 0 Å². The lowest BCUT2D eigenvalue weighted by Crippen LogP contribution is -2.29. The standard InChI is InChI=1S/C14H16N2O2/c1-16(12-6-4-11(10-15)5-7-12)14(17)9-13-3-2-8-18-13/h4-7,13H,2-3,8-9H2,1H3. The van der Waals surface area contributed by atoms with Gasteiger partial charge in [0.15, 0.2) is 0 Å². The Morgan fingerprint density at radius 2 is 2.22 bits per heavy atom. The Morgan fingerprint density at radius 1 is 1.50 bits per heavy atom. The molecule has 1 aliphatic rings. The minimum Gasteiger partial charge on any atom is -0.378 e. The van der Waals surface area contributed by atoms with E-state index in [0.717, 1.165) is 25.1 Å². The van der Waals surface area contributed by atoms with Gasteiger partial charge in [-0.2, -0.15) is 5.26 Å². The Labute approximate surface area is 107 Å². The average molecular weight is 244 g/mol. The van der Waals surface area contributed by atoms with Crippen LogP contribution in [0.15, 0.2) is 24.3 Å². The molecule has 0 aromatic heterocycles. The molecule has 0 aliphatic carbocycles. The van der Waals surface area contributed by atoms with E-state index in [9.17, 15) is 4.79 Å². The van der Waals surface area contributed by atoms with Crippen LogP contribution < -0.4 is 4.90 Å². The SMILES string of the molecule is CN(C(=O)CC1CCCO1)c1ccc(C#N)cc1. The van der Waals surface area contributed by atoms with E-state index in [4.69, 9.17) is 10.00 Å². The van der Waals surface area contributed by atoms with E-state index in [2.05, 4.69) is 6.07 Å². The van der Waals surface area contributed by atoms with Crippen LogP contribution in [0, 0.1) is 11.3 Å². The first-order chi connectivity index (χ1) is 8.70. The van der Waals surface area contributed by atoms with Crippen molar-refractivity contribution in [3.05, 3.63) is 29.8 Å². The van der Waals surface area contributed by atoms with Gasteiger partial charge in [0.1, 0.15) is 0 Å². The van der Waals surface area contributed by atoms with Crippen LogP contribution in [0.1, 0.15) is 24.8 Å². The summed E-state index contributed by atoms with van der Waals surface area (Å²) in [5.74, 6) is 0.0478. The molecule has 1 atom stereocenters. The van der Waals surface area contributed by atoms with E-state index in [1.165, 1.54) is 0 Å². The topological polar surface area (TPSA) is 53.3 Å². The summed E-state index contributed by atoms with van der Waals surface area (Å²) in [6, 6.07) is 9.05. The molecule has 4 nitrogen and oxygen atoms in total. The van der Waals surface area contributed by atoms with Crippen molar-refractivity contribution in [2.75, 3.05) is 18.6 Å². The highest BCUT2D eigenvalue weighted by atomic mass is 16.5. The molecule has 1 saturated heterocycles. The maximum atomic E-state index is 12.0. The molecule has 1 aromatic carbocycles. The summed E-state index contributed by atoms with van der Waals surface area (Å²) in [6.45, 7) is 0.762. The number of rotatable bonds is 3. The smallest absolute Gasteiger partial charge is 0.229 e. The maximum Gasteiger partial charge on any atom is 0.229 e. The van der Waals surface area contributed by atoms with E-state index in [1.807, 2.05) is 0 Å². The number of carbonyl (C=O) groups excluding carboxylic acids is 1. The number of hydrogen-bond acceptors (Lipinski definition) is 3. The van der Waals surface area contributed by atoms with Crippen molar-refractivity contribution in [1.82, 2.24) is 0 Å². The highest BCUT2D eigenvalue weighted by molar-refractivity contribution is 5.93. The van der Waals surface area contributed by atoms with Crippen LogP contribution >= 0.6 is 0 Å². The van der Waals surface area contributed by atoms with E-state index in [-0.39, 0.29) is 12.0 Å². The second kappa shape index (κ2) is 5.65. The summed E-state index contributed by atoms with van der Waals surface area (Å²) < 4.78 is 5.46. The predicted octanol–water partition coefficient (Wildman–Crippen LogP) is 2.09. The Hall–Kier alpha value is -1.86. The molecule has 0 N–H and O–H groups in total. The molecule has 1 aromatic rings. The zero-order chi connectivity index (χ0) is 13.0. The minimum absolute atomic E-state index is 0.0478. The van der Waals surface area contributed by atoms with Crippen molar-refractivity contribution in [3.8, 4) is 6.07 Å². The van der Waals surface area contributed by atoms with Crippen LogP contribution in [0.4, 0.5) is 5.69 Å². The van der Waals surface area contributed by atoms with Gasteiger partial charge in [-0.05, 0) is 37.1 Å². The summed E-state index contributed by atoms with van der Waals surface area (Å²) >= 11 is 0. The summed E-state index contributed by atoms with van der Waals surface area (Å²) in [5.41, 5.74) is 1.40. The lowest BCUT2D eigenvalue weighted by atomic mass is 10.1. The average Bonchev–Trinajstić information content (AvgIpc) is 2.91. The molecular weight excluding hydrogens is 228 g/mol. The van der Waals surface area contributed by atoms with E-state index >= 15 is 0 Å². The number of anilines is 1. The normalized spacial score (nSPS) is 18.3. The van der Waals surface area contributed by atoms with Gasteiger partial charge in [0, 0.05) is 19.3 Å². The van der Waals surface area contributed by atoms with Crippen LogP contribution in [0.25, 0.3) is 0 Å². The van der Waals surface area contributed by atoms with Crippen LogP contribution in [0.2, 0.25) is 0 Å². The number of nitrogens with zero attached hydrogens (tertiary/aromatic N) is 2. The molecule has 0 spiro atoms. The van der Waals surface area contributed by atoms with Gasteiger partial charge >= 0.3 is 0 Å². The fourth-order valence-electron chi connectivity index (χ4n) is 2.04. The number of nitriles is 1. The van der Waals surface area contributed by atoms with Crippen LogP contribution in [0.5, 0.6) is 0 Å². The highest BCUT2D eigenvalue weighted by Gasteiger charge is 2.21.